The van der Waals surface area contributed by atoms with E-state index in [1.165, 1.54) is 11.1 Å². The fourth-order valence-corrected chi connectivity index (χ4v) is 2.71. The van der Waals surface area contributed by atoms with Crippen LogP contribution in [-0.2, 0) is 17.8 Å². The van der Waals surface area contributed by atoms with Crippen molar-refractivity contribution in [3.8, 4) is 0 Å². The van der Waals surface area contributed by atoms with Gasteiger partial charge in [0.05, 0.1) is 18.2 Å². The minimum absolute atomic E-state index is 0.00660. The van der Waals surface area contributed by atoms with Crippen LogP contribution in [0.3, 0.4) is 0 Å². The summed E-state index contributed by atoms with van der Waals surface area (Å²) < 4.78 is 0. The topological polar surface area (TPSA) is 57.8 Å². The average Bonchev–Trinajstić information content (AvgIpc) is 2.97. The van der Waals surface area contributed by atoms with Gasteiger partial charge >= 0.3 is 0 Å². The minimum Gasteiger partial charge on any atom is -0.350 e. The number of benzene rings is 1. The van der Waals surface area contributed by atoms with Crippen molar-refractivity contribution in [3.63, 3.8) is 0 Å². The predicted octanol–water partition coefficient (Wildman–Crippen LogP) is 2.15. The highest BCUT2D eigenvalue weighted by Gasteiger charge is 2.25. The van der Waals surface area contributed by atoms with Crippen molar-refractivity contribution in [1.82, 2.24) is 15.5 Å². The Hall–Kier alpha value is -2.10. The summed E-state index contributed by atoms with van der Waals surface area (Å²) in [5.41, 5.74) is 3.43. The molecule has 0 spiro atoms. The summed E-state index contributed by atoms with van der Waals surface area (Å²) in [5.74, 6) is 0.106. The summed E-state index contributed by atoms with van der Waals surface area (Å²) in [4.78, 5) is 12.3. The number of H-pyrrole nitrogens is 1. The largest absolute Gasteiger partial charge is 0.350 e. The maximum atomic E-state index is 12.3. The smallest absolute Gasteiger partial charge is 0.227 e. The lowest BCUT2D eigenvalue weighted by Crippen LogP contribution is -2.31. The molecule has 0 saturated carbocycles. The van der Waals surface area contributed by atoms with Crippen LogP contribution in [0.5, 0.6) is 0 Å². The molecule has 0 radical (unpaired) electrons. The van der Waals surface area contributed by atoms with E-state index in [0.717, 1.165) is 25.0 Å². The highest BCUT2D eigenvalue weighted by Crippen LogP contribution is 2.31. The number of amides is 1. The maximum absolute atomic E-state index is 12.3. The van der Waals surface area contributed by atoms with Crippen LogP contribution >= 0.6 is 0 Å². The van der Waals surface area contributed by atoms with Crippen molar-refractivity contribution >= 4 is 5.91 Å². The third-order valence-electron chi connectivity index (χ3n) is 3.70. The molecule has 1 heterocycles. The van der Waals surface area contributed by atoms with Crippen LogP contribution in [0.1, 0.15) is 35.6 Å². The first-order valence-electron chi connectivity index (χ1n) is 6.68. The van der Waals surface area contributed by atoms with Crippen molar-refractivity contribution in [2.45, 2.75) is 31.7 Å². The zero-order valence-corrected chi connectivity index (χ0v) is 10.7. The molecule has 0 bridgehead atoms. The van der Waals surface area contributed by atoms with Gasteiger partial charge in [-0.25, -0.2) is 0 Å². The van der Waals surface area contributed by atoms with Gasteiger partial charge in [0.2, 0.25) is 5.91 Å². The molecule has 0 fully saturated rings. The lowest BCUT2D eigenvalue weighted by Gasteiger charge is -2.24. The first-order valence-corrected chi connectivity index (χ1v) is 6.68. The van der Waals surface area contributed by atoms with Gasteiger partial charge in [-0.05, 0) is 36.5 Å². The Labute approximate surface area is 112 Å². The van der Waals surface area contributed by atoms with E-state index >= 15 is 0 Å². The van der Waals surface area contributed by atoms with Crippen LogP contribution in [0, 0.1) is 0 Å². The van der Waals surface area contributed by atoms with Crippen LogP contribution in [-0.4, -0.2) is 16.1 Å². The number of hydrogen-bond donors (Lipinski definition) is 2. The van der Waals surface area contributed by atoms with Crippen molar-refractivity contribution in [1.29, 1.82) is 0 Å². The molecule has 1 aliphatic rings. The molecule has 0 aliphatic heterocycles. The van der Waals surface area contributed by atoms with Crippen molar-refractivity contribution < 1.29 is 4.79 Å². The van der Waals surface area contributed by atoms with Gasteiger partial charge in [-0.3, -0.25) is 9.89 Å². The molecule has 4 heteroatoms. The van der Waals surface area contributed by atoms with E-state index in [0.29, 0.717) is 6.54 Å². The summed E-state index contributed by atoms with van der Waals surface area (Å²) in [5, 5.41) is 9.71. The van der Waals surface area contributed by atoms with Gasteiger partial charge < -0.3 is 5.32 Å². The van der Waals surface area contributed by atoms with Gasteiger partial charge in [0.15, 0.2) is 0 Å². The Morgan fingerprint density at radius 2 is 2.26 bits per heavy atom. The van der Waals surface area contributed by atoms with Crippen LogP contribution in [0.4, 0.5) is 0 Å². The van der Waals surface area contributed by atoms with Gasteiger partial charge in [-0.15, -0.1) is 0 Å². The standard InChI is InChI=1S/C15H17N3O/c19-15(16-10-12-8-9-17-18-12)14-7-3-5-11-4-1-2-6-13(11)14/h1-2,4,6,8-9,14H,3,5,7,10H2,(H,16,19)(H,17,18). The number of hydrogen-bond acceptors (Lipinski definition) is 2. The number of nitrogens with one attached hydrogen (secondary N) is 2. The zero-order valence-electron chi connectivity index (χ0n) is 10.7. The lowest BCUT2D eigenvalue weighted by atomic mass is 9.82. The highest BCUT2D eigenvalue weighted by atomic mass is 16.1. The molecule has 19 heavy (non-hydrogen) atoms. The summed E-state index contributed by atoms with van der Waals surface area (Å²) in [7, 11) is 0. The predicted molar refractivity (Wildman–Crippen MR) is 72.6 cm³/mol. The second-order valence-electron chi connectivity index (χ2n) is 4.94. The molecule has 0 saturated heterocycles. The molecule has 4 nitrogen and oxygen atoms in total. The van der Waals surface area contributed by atoms with Gasteiger partial charge in [-0.1, -0.05) is 24.3 Å². The second kappa shape index (κ2) is 5.26. The number of aryl methyl sites for hydroxylation is 1. The molecular formula is C15H17N3O. The van der Waals surface area contributed by atoms with E-state index in [1.807, 2.05) is 18.2 Å². The van der Waals surface area contributed by atoms with Gasteiger partial charge in [0, 0.05) is 6.20 Å². The number of nitrogens with zero attached hydrogens (tertiary/aromatic N) is 1. The summed E-state index contributed by atoms with van der Waals surface area (Å²) in [6.45, 7) is 0.511. The van der Waals surface area contributed by atoms with Crippen molar-refractivity contribution in [2.75, 3.05) is 0 Å². The SMILES string of the molecule is O=C(NCc1ccn[nH]1)C1CCCc2ccccc21. The summed E-state index contributed by atoms with van der Waals surface area (Å²) in [6.07, 6.45) is 4.79. The maximum Gasteiger partial charge on any atom is 0.227 e. The average molecular weight is 255 g/mol. The molecule has 1 unspecified atom stereocenters. The Kier molecular flexibility index (Phi) is 3.31. The van der Waals surface area contributed by atoms with Gasteiger partial charge in [0.1, 0.15) is 0 Å². The third kappa shape index (κ3) is 2.52. The first kappa shape index (κ1) is 12.0. The van der Waals surface area contributed by atoms with Gasteiger partial charge in [0.25, 0.3) is 0 Å². The van der Waals surface area contributed by atoms with Crippen molar-refractivity contribution in [3.05, 3.63) is 53.3 Å². The van der Waals surface area contributed by atoms with Crippen LogP contribution in [0.15, 0.2) is 36.5 Å². The molecule has 2 N–H and O–H groups in total. The summed E-state index contributed by atoms with van der Waals surface area (Å²) >= 11 is 0. The Balaban J connectivity index is 1.71. The van der Waals surface area contributed by atoms with Crippen LogP contribution in [0.2, 0.25) is 0 Å². The molecule has 1 amide bonds. The normalized spacial score (nSPS) is 17.8. The molecule has 3 rings (SSSR count). The monoisotopic (exact) mass is 255 g/mol. The third-order valence-corrected chi connectivity index (χ3v) is 3.70. The number of aromatic amines is 1. The van der Waals surface area contributed by atoms with Crippen LogP contribution in [0.25, 0.3) is 0 Å². The van der Waals surface area contributed by atoms with E-state index in [9.17, 15) is 4.79 Å². The van der Waals surface area contributed by atoms with Crippen LogP contribution < -0.4 is 5.32 Å². The fourth-order valence-electron chi connectivity index (χ4n) is 2.71. The lowest BCUT2D eigenvalue weighted by molar-refractivity contribution is -0.123. The van der Waals surface area contributed by atoms with E-state index in [1.54, 1.807) is 6.20 Å². The Morgan fingerprint density at radius 1 is 1.37 bits per heavy atom. The Morgan fingerprint density at radius 3 is 3.11 bits per heavy atom. The molecule has 1 aliphatic carbocycles. The van der Waals surface area contributed by atoms with Gasteiger partial charge in [-0.2, -0.15) is 5.10 Å². The van der Waals surface area contributed by atoms with E-state index < -0.39 is 0 Å². The van der Waals surface area contributed by atoms with E-state index in [4.69, 9.17) is 0 Å². The van der Waals surface area contributed by atoms with Crippen molar-refractivity contribution in [2.24, 2.45) is 0 Å². The second-order valence-corrected chi connectivity index (χ2v) is 4.94. The fraction of sp³-hybridized carbons (Fsp3) is 0.333. The number of rotatable bonds is 3. The molecule has 98 valence electrons. The Bertz CT molecular complexity index is 563. The zero-order chi connectivity index (χ0) is 13.1. The molecule has 2 aromatic rings. The van der Waals surface area contributed by atoms with E-state index in [2.05, 4.69) is 27.6 Å². The molecular weight excluding hydrogens is 238 g/mol. The molecule has 1 atom stereocenters. The highest BCUT2D eigenvalue weighted by molar-refractivity contribution is 5.84. The minimum atomic E-state index is -0.00660. The molecule has 1 aromatic carbocycles. The summed E-state index contributed by atoms with van der Waals surface area (Å²) in [6, 6.07) is 10.1. The number of carbonyl (C=O) groups is 1. The number of carbonyl (C=O) groups excluding carboxylic acids is 1. The quantitative estimate of drug-likeness (QED) is 0.883. The number of aromatic nitrogens is 2. The van der Waals surface area contributed by atoms with E-state index in [-0.39, 0.29) is 11.8 Å². The first-order chi connectivity index (χ1) is 9.34. The number of fused-ring (bicyclic) bond motifs is 1. The molecule has 1 aromatic heterocycles.